The van der Waals surface area contributed by atoms with E-state index in [0.717, 1.165) is 16.8 Å². The number of hydrogen-bond acceptors (Lipinski definition) is 4. The first-order valence-electron chi connectivity index (χ1n) is 5.54. The van der Waals surface area contributed by atoms with Crippen LogP contribution in [0.4, 0.5) is 11.5 Å². The predicted octanol–water partition coefficient (Wildman–Crippen LogP) is 3.50. The molecule has 2 aromatic heterocycles. The van der Waals surface area contributed by atoms with Crippen molar-refractivity contribution in [3.63, 3.8) is 0 Å². The zero-order valence-electron chi connectivity index (χ0n) is 10.5. The normalized spacial score (nSPS) is 10.4. The minimum atomic E-state index is 0.243. The Labute approximate surface area is 111 Å². The van der Waals surface area contributed by atoms with E-state index < -0.39 is 0 Å². The standard InChI is InChI=1S/C13H14ClN3O/c1-7-8(2)13(16-9(3)12(7)18)17-10-4-5-11(14)15-6-10/h4-6,18H,1-3H3,(H,16,17). The molecule has 4 nitrogen and oxygen atoms in total. The first kappa shape index (κ1) is 12.6. The Kier molecular flexibility index (Phi) is 3.39. The highest BCUT2D eigenvalue weighted by molar-refractivity contribution is 6.29. The zero-order chi connectivity index (χ0) is 13.3. The molecule has 94 valence electrons. The second-order valence-corrected chi connectivity index (χ2v) is 4.53. The molecule has 0 saturated heterocycles. The van der Waals surface area contributed by atoms with Crippen LogP contribution in [0, 0.1) is 20.8 Å². The third kappa shape index (κ3) is 2.38. The van der Waals surface area contributed by atoms with E-state index in [2.05, 4.69) is 15.3 Å². The minimum absolute atomic E-state index is 0.243. The molecule has 5 heteroatoms. The van der Waals surface area contributed by atoms with Gasteiger partial charge in [0.05, 0.1) is 17.6 Å². The van der Waals surface area contributed by atoms with Crippen LogP contribution in [0.5, 0.6) is 5.75 Å². The molecule has 2 rings (SSSR count). The van der Waals surface area contributed by atoms with E-state index in [-0.39, 0.29) is 5.75 Å². The molecule has 2 aromatic rings. The fourth-order valence-corrected chi connectivity index (χ4v) is 1.75. The molecule has 0 fully saturated rings. The molecule has 0 aliphatic rings. The smallest absolute Gasteiger partial charge is 0.140 e. The van der Waals surface area contributed by atoms with E-state index in [0.29, 0.717) is 16.7 Å². The Morgan fingerprint density at radius 1 is 1.17 bits per heavy atom. The number of halogens is 1. The fourth-order valence-electron chi connectivity index (χ4n) is 1.64. The number of nitrogens with one attached hydrogen (secondary N) is 1. The lowest BCUT2D eigenvalue weighted by Crippen LogP contribution is -2.01. The molecule has 2 heterocycles. The van der Waals surface area contributed by atoms with Crippen molar-refractivity contribution in [1.29, 1.82) is 0 Å². The van der Waals surface area contributed by atoms with E-state index >= 15 is 0 Å². The van der Waals surface area contributed by atoms with Crippen LogP contribution in [0.15, 0.2) is 18.3 Å². The summed E-state index contributed by atoms with van der Waals surface area (Å²) >= 11 is 5.73. The lowest BCUT2D eigenvalue weighted by molar-refractivity contribution is 0.463. The molecular weight excluding hydrogens is 250 g/mol. The van der Waals surface area contributed by atoms with Crippen LogP contribution in [0.1, 0.15) is 16.8 Å². The van der Waals surface area contributed by atoms with E-state index in [9.17, 15) is 5.11 Å². The van der Waals surface area contributed by atoms with Gasteiger partial charge in [0.1, 0.15) is 16.7 Å². The molecule has 0 aromatic carbocycles. The number of hydrogen-bond donors (Lipinski definition) is 2. The Morgan fingerprint density at radius 3 is 2.50 bits per heavy atom. The molecule has 0 amide bonds. The number of rotatable bonds is 2. The van der Waals surface area contributed by atoms with Gasteiger partial charge in [-0.15, -0.1) is 0 Å². The third-order valence-electron chi connectivity index (χ3n) is 2.89. The van der Waals surface area contributed by atoms with Gasteiger partial charge in [-0.1, -0.05) is 11.6 Å². The molecule has 0 radical (unpaired) electrons. The van der Waals surface area contributed by atoms with Gasteiger partial charge < -0.3 is 10.4 Å². The summed E-state index contributed by atoms with van der Waals surface area (Å²) in [4.78, 5) is 8.32. The van der Waals surface area contributed by atoms with Gasteiger partial charge in [-0.2, -0.15) is 0 Å². The van der Waals surface area contributed by atoms with Gasteiger partial charge >= 0.3 is 0 Å². The highest BCUT2D eigenvalue weighted by Gasteiger charge is 2.10. The number of aryl methyl sites for hydroxylation is 1. The van der Waals surface area contributed by atoms with Gasteiger partial charge in [0, 0.05) is 0 Å². The lowest BCUT2D eigenvalue weighted by Gasteiger charge is -2.13. The van der Waals surface area contributed by atoms with Crippen LogP contribution in [0.25, 0.3) is 0 Å². The summed E-state index contributed by atoms with van der Waals surface area (Å²) in [7, 11) is 0. The number of anilines is 2. The highest BCUT2D eigenvalue weighted by Crippen LogP contribution is 2.29. The summed E-state index contributed by atoms with van der Waals surface area (Å²) in [5, 5.41) is 13.4. The predicted molar refractivity (Wildman–Crippen MR) is 72.6 cm³/mol. The topological polar surface area (TPSA) is 58.0 Å². The lowest BCUT2D eigenvalue weighted by atomic mass is 10.1. The van der Waals surface area contributed by atoms with Crippen LogP contribution >= 0.6 is 11.6 Å². The van der Waals surface area contributed by atoms with Crippen molar-refractivity contribution >= 4 is 23.1 Å². The van der Waals surface area contributed by atoms with Crippen LogP contribution in [-0.2, 0) is 0 Å². The van der Waals surface area contributed by atoms with Gasteiger partial charge in [-0.25, -0.2) is 9.97 Å². The van der Waals surface area contributed by atoms with Crippen molar-refractivity contribution < 1.29 is 5.11 Å². The largest absolute Gasteiger partial charge is 0.506 e. The van der Waals surface area contributed by atoms with Crippen LogP contribution < -0.4 is 5.32 Å². The summed E-state index contributed by atoms with van der Waals surface area (Å²) < 4.78 is 0. The fraction of sp³-hybridized carbons (Fsp3) is 0.231. The van der Waals surface area contributed by atoms with Gasteiger partial charge in [-0.3, -0.25) is 0 Å². The summed E-state index contributed by atoms with van der Waals surface area (Å²) in [6.07, 6.45) is 1.64. The molecule has 0 aliphatic carbocycles. The summed E-state index contributed by atoms with van der Waals surface area (Å²) in [5.74, 6) is 0.958. The summed E-state index contributed by atoms with van der Waals surface area (Å²) in [6.45, 7) is 5.55. The van der Waals surface area contributed by atoms with Crippen molar-refractivity contribution in [3.8, 4) is 5.75 Å². The Hall–Kier alpha value is -1.81. The van der Waals surface area contributed by atoms with Gasteiger partial charge in [-0.05, 0) is 44.0 Å². The number of aromatic nitrogens is 2. The second kappa shape index (κ2) is 4.82. The average Bonchev–Trinajstić information content (AvgIpc) is 2.36. The van der Waals surface area contributed by atoms with E-state index in [1.807, 2.05) is 19.9 Å². The van der Waals surface area contributed by atoms with Crippen LogP contribution in [0.2, 0.25) is 5.15 Å². The van der Waals surface area contributed by atoms with Crippen LogP contribution in [-0.4, -0.2) is 15.1 Å². The van der Waals surface area contributed by atoms with Crippen molar-refractivity contribution in [2.45, 2.75) is 20.8 Å². The van der Waals surface area contributed by atoms with E-state index in [4.69, 9.17) is 11.6 Å². The third-order valence-corrected chi connectivity index (χ3v) is 3.11. The molecule has 0 aliphatic heterocycles. The minimum Gasteiger partial charge on any atom is -0.506 e. The van der Waals surface area contributed by atoms with Crippen molar-refractivity contribution in [2.24, 2.45) is 0 Å². The van der Waals surface area contributed by atoms with Crippen LogP contribution in [0.3, 0.4) is 0 Å². The monoisotopic (exact) mass is 263 g/mol. The van der Waals surface area contributed by atoms with E-state index in [1.165, 1.54) is 0 Å². The Balaban J connectivity index is 2.38. The van der Waals surface area contributed by atoms with Gasteiger partial charge in [0.25, 0.3) is 0 Å². The van der Waals surface area contributed by atoms with Crippen molar-refractivity contribution in [1.82, 2.24) is 9.97 Å². The van der Waals surface area contributed by atoms with Crippen molar-refractivity contribution in [2.75, 3.05) is 5.32 Å². The zero-order valence-corrected chi connectivity index (χ0v) is 11.2. The number of nitrogens with zero attached hydrogens (tertiary/aromatic N) is 2. The highest BCUT2D eigenvalue weighted by atomic mass is 35.5. The van der Waals surface area contributed by atoms with E-state index in [1.54, 1.807) is 19.2 Å². The van der Waals surface area contributed by atoms with Gasteiger partial charge in [0.2, 0.25) is 0 Å². The van der Waals surface area contributed by atoms with Gasteiger partial charge in [0.15, 0.2) is 0 Å². The molecule has 2 N–H and O–H groups in total. The van der Waals surface area contributed by atoms with Crippen molar-refractivity contribution in [3.05, 3.63) is 40.3 Å². The number of aromatic hydroxyl groups is 1. The molecule has 0 unspecified atom stereocenters. The molecule has 0 bridgehead atoms. The average molecular weight is 264 g/mol. The maximum absolute atomic E-state index is 9.79. The SMILES string of the molecule is Cc1nc(Nc2ccc(Cl)nc2)c(C)c(C)c1O. The molecule has 0 saturated carbocycles. The first-order chi connectivity index (χ1) is 8.49. The molecule has 0 atom stereocenters. The second-order valence-electron chi connectivity index (χ2n) is 4.14. The maximum atomic E-state index is 9.79. The number of pyridine rings is 2. The quantitative estimate of drug-likeness (QED) is 0.814. The summed E-state index contributed by atoms with van der Waals surface area (Å²) in [6, 6.07) is 3.54. The molecular formula is C13H14ClN3O. The Morgan fingerprint density at radius 2 is 1.89 bits per heavy atom. The maximum Gasteiger partial charge on any atom is 0.140 e. The first-order valence-corrected chi connectivity index (χ1v) is 5.92. The summed E-state index contributed by atoms with van der Waals surface area (Å²) in [5.41, 5.74) is 3.14. The molecule has 0 spiro atoms. The Bertz CT molecular complexity index is 582. The molecule has 18 heavy (non-hydrogen) atoms.